The molecule has 0 unspecified atom stereocenters. The average Bonchev–Trinajstić information content (AvgIpc) is 2.27. The first-order valence-corrected chi connectivity index (χ1v) is 7.38. The largest absolute Gasteiger partial charge is 0.126 e. The predicted molar refractivity (Wildman–Crippen MR) is 73.7 cm³/mol. The fraction of sp³-hybridized carbons (Fsp3) is 0.600. The van der Waals surface area contributed by atoms with Gasteiger partial charge in [-0.25, -0.2) is 0 Å². The standard InChI is InChI=1S/C15H22S/c1-10(2)12-7-8-14-13(6-5-9-16-14)15(12)11(3)4/h7-8,10-11H,5-6,9H2,1-4H3. The van der Waals surface area contributed by atoms with E-state index in [1.54, 1.807) is 21.6 Å². The van der Waals surface area contributed by atoms with Gasteiger partial charge < -0.3 is 0 Å². The molecule has 0 atom stereocenters. The van der Waals surface area contributed by atoms with Crippen molar-refractivity contribution in [2.45, 2.75) is 57.3 Å². The summed E-state index contributed by atoms with van der Waals surface area (Å²) < 4.78 is 0. The molecule has 1 aliphatic heterocycles. The lowest BCUT2D eigenvalue weighted by atomic mass is 9.85. The van der Waals surface area contributed by atoms with Crippen molar-refractivity contribution < 1.29 is 0 Å². The van der Waals surface area contributed by atoms with E-state index >= 15 is 0 Å². The van der Waals surface area contributed by atoms with Gasteiger partial charge in [0.2, 0.25) is 0 Å². The number of rotatable bonds is 2. The lowest BCUT2D eigenvalue weighted by molar-refractivity contribution is 0.752. The zero-order valence-corrected chi connectivity index (χ0v) is 11.7. The molecule has 1 aliphatic rings. The average molecular weight is 234 g/mol. The Labute approximate surface area is 104 Å². The molecule has 0 fully saturated rings. The lowest BCUT2D eigenvalue weighted by Gasteiger charge is -2.25. The molecule has 0 N–H and O–H groups in total. The van der Waals surface area contributed by atoms with Gasteiger partial charge in [0, 0.05) is 4.90 Å². The topological polar surface area (TPSA) is 0 Å². The van der Waals surface area contributed by atoms with Crippen molar-refractivity contribution in [1.29, 1.82) is 0 Å². The van der Waals surface area contributed by atoms with Crippen molar-refractivity contribution in [3.8, 4) is 0 Å². The molecule has 0 aromatic heterocycles. The van der Waals surface area contributed by atoms with Crippen LogP contribution in [-0.2, 0) is 6.42 Å². The van der Waals surface area contributed by atoms with E-state index in [0.29, 0.717) is 11.8 Å². The second-order valence-corrected chi connectivity index (χ2v) is 6.44. The van der Waals surface area contributed by atoms with Gasteiger partial charge in [-0.2, -0.15) is 0 Å². The molecule has 16 heavy (non-hydrogen) atoms. The zero-order chi connectivity index (χ0) is 11.7. The fourth-order valence-corrected chi connectivity index (χ4v) is 3.73. The van der Waals surface area contributed by atoms with Crippen LogP contribution in [-0.4, -0.2) is 5.75 Å². The van der Waals surface area contributed by atoms with Crippen LogP contribution in [0, 0.1) is 0 Å². The first-order chi connectivity index (χ1) is 7.61. The molecule has 88 valence electrons. The van der Waals surface area contributed by atoms with E-state index in [2.05, 4.69) is 39.8 Å². The van der Waals surface area contributed by atoms with Crippen LogP contribution in [0.1, 0.15) is 62.6 Å². The summed E-state index contributed by atoms with van der Waals surface area (Å²) in [6.07, 6.45) is 2.63. The Hall–Kier alpha value is -0.430. The van der Waals surface area contributed by atoms with Gasteiger partial charge >= 0.3 is 0 Å². The van der Waals surface area contributed by atoms with Crippen LogP contribution < -0.4 is 0 Å². The Morgan fingerprint density at radius 2 is 1.81 bits per heavy atom. The van der Waals surface area contributed by atoms with E-state index in [0.717, 1.165) is 0 Å². The van der Waals surface area contributed by atoms with E-state index in [4.69, 9.17) is 0 Å². The summed E-state index contributed by atoms with van der Waals surface area (Å²) in [4.78, 5) is 1.54. The first-order valence-electron chi connectivity index (χ1n) is 6.39. The minimum absolute atomic E-state index is 0.648. The molecular weight excluding hydrogens is 212 g/mol. The van der Waals surface area contributed by atoms with E-state index in [9.17, 15) is 0 Å². The molecule has 1 heteroatoms. The normalized spacial score (nSPS) is 15.6. The number of hydrogen-bond acceptors (Lipinski definition) is 1. The van der Waals surface area contributed by atoms with Gasteiger partial charge in [-0.1, -0.05) is 33.8 Å². The Morgan fingerprint density at radius 1 is 1.06 bits per heavy atom. The molecule has 0 saturated carbocycles. The van der Waals surface area contributed by atoms with Crippen LogP contribution >= 0.6 is 11.8 Å². The predicted octanol–water partition coefficient (Wildman–Crippen LogP) is 4.97. The number of hydrogen-bond donors (Lipinski definition) is 0. The van der Waals surface area contributed by atoms with Gasteiger partial charge in [0.1, 0.15) is 0 Å². The molecular formula is C15H22S. The summed E-state index contributed by atoms with van der Waals surface area (Å²) in [5, 5.41) is 0. The SMILES string of the molecule is CC(C)c1ccc2c(c1C(C)C)CCCS2. The quantitative estimate of drug-likeness (QED) is 0.696. The van der Waals surface area contributed by atoms with Gasteiger partial charge in [-0.15, -0.1) is 11.8 Å². The molecule has 0 bridgehead atoms. The van der Waals surface area contributed by atoms with Gasteiger partial charge in [0.25, 0.3) is 0 Å². The van der Waals surface area contributed by atoms with Crippen LogP contribution in [0.2, 0.25) is 0 Å². The summed E-state index contributed by atoms with van der Waals surface area (Å²) >= 11 is 2.04. The molecule has 1 aromatic carbocycles. The van der Waals surface area contributed by atoms with Crippen molar-refractivity contribution in [2.24, 2.45) is 0 Å². The van der Waals surface area contributed by atoms with Gasteiger partial charge in [-0.05, 0) is 53.2 Å². The lowest BCUT2D eigenvalue weighted by Crippen LogP contribution is -2.08. The van der Waals surface area contributed by atoms with Crippen molar-refractivity contribution in [1.82, 2.24) is 0 Å². The molecule has 1 aromatic rings. The highest BCUT2D eigenvalue weighted by molar-refractivity contribution is 7.99. The van der Waals surface area contributed by atoms with Crippen molar-refractivity contribution in [3.63, 3.8) is 0 Å². The van der Waals surface area contributed by atoms with Crippen LogP contribution in [0.15, 0.2) is 17.0 Å². The summed E-state index contributed by atoms with van der Waals surface area (Å²) in [6, 6.07) is 4.71. The van der Waals surface area contributed by atoms with E-state index < -0.39 is 0 Å². The van der Waals surface area contributed by atoms with Gasteiger partial charge in [0.15, 0.2) is 0 Å². The third kappa shape index (κ3) is 2.15. The first kappa shape index (κ1) is 12.0. The smallest absolute Gasteiger partial charge is 0.0107 e. The summed E-state index contributed by atoms with van der Waals surface area (Å²) in [6.45, 7) is 9.29. The van der Waals surface area contributed by atoms with Crippen LogP contribution in [0.5, 0.6) is 0 Å². The Bertz CT molecular complexity index is 377. The minimum atomic E-state index is 0.648. The summed E-state index contributed by atoms with van der Waals surface area (Å²) in [7, 11) is 0. The molecule has 0 spiro atoms. The van der Waals surface area contributed by atoms with Crippen LogP contribution in [0.3, 0.4) is 0 Å². The maximum atomic E-state index is 2.36. The minimum Gasteiger partial charge on any atom is -0.126 e. The highest BCUT2D eigenvalue weighted by Crippen LogP contribution is 2.38. The molecule has 0 radical (unpaired) electrons. The third-order valence-electron chi connectivity index (χ3n) is 3.38. The second kappa shape index (κ2) is 4.83. The molecule has 0 saturated heterocycles. The third-order valence-corrected chi connectivity index (χ3v) is 4.56. The van der Waals surface area contributed by atoms with E-state index in [-0.39, 0.29) is 0 Å². The zero-order valence-electron chi connectivity index (χ0n) is 10.8. The van der Waals surface area contributed by atoms with Crippen LogP contribution in [0.4, 0.5) is 0 Å². The monoisotopic (exact) mass is 234 g/mol. The van der Waals surface area contributed by atoms with Crippen molar-refractivity contribution in [3.05, 3.63) is 28.8 Å². The van der Waals surface area contributed by atoms with Crippen molar-refractivity contribution in [2.75, 3.05) is 5.75 Å². The highest BCUT2D eigenvalue weighted by atomic mass is 32.2. The van der Waals surface area contributed by atoms with E-state index in [1.807, 2.05) is 11.8 Å². The maximum Gasteiger partial charge on any atom is 0.0107 e. The van der Waals surface area contributed by atoms with Crippen molar-refractivity contribution >= 4 is 11.8 Å². The number of fused-ring (bicyclic) bond motifs is 1. The number of benzene rings is 1. The summed E-state index contributed by atoms with van der Waals surface area (Å²) in [5.74, 6) is 2.60. The Balaban J connectivity index is 2.57. The van der Waals surface area contributed by atoms with E-state index in [1.165, 1.54) is 18.6 Å². The second-order valence-electron chi connectivity index (χ2n) is 5.31. The summed E-state index contributed by atoms with van der Waals surface area (Å²) in [5.41, 5.74) is 4.86. The van der Waals surface area contributed by atoms with Crippen LogP contribution in [0.25, 0.3) is 0 Å². The highest BCUT2D eigenvalue weighted by Gasteiger charge is 2.19. The fourth-order valence-electron chi connectivity index (χ4n) is 2.67. The number of thioether (sulfide) groups is 1. The molecule has 0 nitrogen and oxygen atoms in total. The molecule has 0 amide bonds. The molecule has 0 aliphatic carbocycles. The Morgan fingerprint density at radius 3 is 2.44 bits per heavy atom. The maximum absolute atomic E-state index is 2.36. The Kier molecular flexibility index (Phi) is 3.63. The van der Waals surface area contributed by atoms with Gasteiger partial charge in [0.05, 0.1) is 0 Å². The van der Waals surface area contributed by atoms with Gasteiger partial charge in [-0.3, -0.25) is 0 Å². The molecule has 2 rings (SSSR count). The molecule has 1 heterocycles.